The van der Waals surface area contributed by atoms with E-state index in [-0.39, 0.29) is 11.2 Å². The van der Waals surface area contributed by atoms with Gasteiger partial charge in [0.1, 0.15) is 5.75 Å². The third-order valence-electron chi connectivity index (χ3n) is 7.13. The highest BCUT2D eigenvalue weighted by Crippen LogP contribution is 2.46. The van der Waals surface area contributed by atoms with E-state index >= 15 is 22.0 Å². The average Bonchev–Trinajstić information content (AvgIpc) is 2.92. The van der Waals surface area contributed by atoms with Crippen LogP contribution in [0.25, 0.3) is 32.3 Å². The lowest BCUT2D eigenvalue weighted by Gasteiger charge is -2.30. The van der Waals surface area contributed by atoms with Gasteiger partial charge >= 0.3 is 0 Å². The number of hydrogen-bond donors (Lipinski definition) is 0. The molecule has 1 aliphatic rings. The molecule has 0 unspecified atom stereocenters. The molecule has 0 bridgehead atoms. The lowest BCUT2D eigenvalue weighted by molar-refractivity contribution is 0.443. The number of benzene rings is 6. The molecular weight excluding hydrogens is 515 g/mol. The van der Waals surface area contributed by atoms with Crippen LogP contribution in [0.1, 0.15) is 0 Å². The molecule has 0 fully saturated rings. The zero-order valence-corrected chi connectivity index (χ0v) is 18.7. The molecule has 1 aliphatic heterocycles. The highest BCUT2D eigenvalue weighted by molar-refractivity contribution is 6.98. The second kappa shape index (κ2) is 7.60. The summed E-state index contributed by atoms with van der Waals surface area (Å²) in [4.78, 5) is 0. The van der Waals surface area contributed by atoms with E-state index in [1.165, 1.54) is 6.07 Å². The fourth-order valence-corrected chi connectivity index (χ4v) is 5.60. The van der Waals surface area contributed by atoms with Crippen molar-refractivity contribution < 1.29 is 39.9 Å². The number of halogens is 8. The summed E-state index contributed by atoms with van der Waals surface area (Å²) in [6.45, 7) is -1.01. The van der Waals surface area contributed by atoms with E-state index < -0.39 is 91.3 Å². The molecule has 0 atom stereocenters. The molecule has 6 aromatic carbocycles. The van der Waals surface area contributed by atoms with Gasteiger partial charge in [0.05, 0.1) is 16.2 Å². The zero-order valence-electron chi connectivity index (χ0n) is 18.7. The monoisotopic (exact) mass is 524 g/mol. The van der Waals surface area contributed by atoms with Gasteiger partial charge in [-0.15, -0.1) is 0 Å². The van der Waals surface area contributed by atoms with Crippen molar-refractivity contribution in [1.29, 1.82) is 0 Å². The Bertz CT molecular complexity index is 1970. The summed E-state index contributed by atoms with van der Waals surface area (Å²) in [5, 5.41) is -6.73. The molecule has 0 radical (unpaired) electrons. The number of para-hydroxylation sites is 1. The molecule has 186 valence electrons. The van der Waals surface area contributed by atoms with Crippen molar-refractivity contribution >= 4 is 55.4 Å². The van der Waals surface area contributed by atoms with Gasteiger partial charge in [0.15, 0.2) is 52.3 Å². The van der Waals surface area contributed by atoms with Gasteiger partial charge in [0.2, 0.25) is 0 Å². The Balaban J connectivity index is 1.81. The number of fused-ring (bicyclic) bond motifs is 3. The summed E-state index contributed by atoms with van der Waals surface area (Å²) < 4.78 is 128. The van der Waals surface area contributed by atoms with Gasteiger partial charge in [0.25, 0.3) is 6.71 Å². The standard InChI is InChI=1S/C28H9BF8O/c30-20-15-13-14-16(21(20)31)24(34)27(37)25(35)17(14)22(32)23(33)18(13)26(36)28-19(15)29(10-6-2-1-3-7-10)11-8-4-5-9-12(11)38-28/h1-9H. The van der Waals surface area contributed by atoms with Crippen molar-refractivity contribution in [3.05, 3.63) is 101 Å². The van der Waals surface area contributed by atoms with Crippen molar-refractivity contribution in [1.82, 2.24) is 0 Å². The smallest absolute Gasteiger partial charge is 0.252 e. The van der Waals surface area contributed by atoms with Crippen molar-refractivity contribution in [2.75, 3.05) is 0 Å². The summed E-state index contributed by atoms with van der Waals surface area (Å²) in [6, 6.07) is 14.6. The molecule has 38 heavy (non-hydrogen) atoms. The first-order valence-electron chi connectivity index (χ1n) is 11.3. The van der Waals surface area contributed by atoms with Gasteiger partial charge in [-0.25, -0.2) is 35.1 Å². The van der Waals surface area contributed by atoms with Crippen molar-refractivity contribution in [3.63, 3.8) is 0 Å². The topological polar surface area (TPSA) is 9.23 Å². The lowest BCUT2D eigenvalue weighted by atomic mass is 9.35. The van der Waals surface area contributed by atoms with Crippen LogP contribution in [0.2, 0.25) is 0 Å². The molecule has 1 heterocycles. The minimum absolute atomic E-state index is 0.126. The van der Waals surface area contributed by atoms with E-state index in [1.54, 1.807) is 48.5 Å². The molecule has 6 aromatic rings. The summed E-state index contributed by atoms with van der Waals surface area (Å²) in [5.41, 5.74) is 0.597. The van der Waals surface area contributed by atoms with E-state index in [4.69, 9.17) is 4.74 Å². The summed E-state index contributed by atoms with van der Waals surface area (Å²) in [7, 11) is 0. The predicted molar refractivity (Wildman–Crippen MR) is 127 cm³/mol. The summed E-state index contributed by atoms with van der Waals surface area (Å²) >= 11 is 0. The van der Waals surface area contributed by atoms with Crippen LogP contribution < -0.4 is 21.1 Å². The van der Waals surface area contributed by atoms with E-state index in [0.29, 0.717) is 10.9 Å². The maximum atomic E-state index is 16.1. The molecule has 0 saturated carbocycles. The van der Waals surface area contributed by atoms with Crippen LogP contribution in [0.3, 0.4) is 0 Å². The minimum Gasteiger partial charge on any atom is -0.455 e. The van der Waals surface area contributed by atoms with Crippen molar-refractivity contribution in [3.8, 4) is 11.5 Å². The Kier molecular flexibility index (Phi) is 4.56. The first-order chi connectivity index (χ1) is 18.2. The molecule has 7 rings (SSSR count). The van der Waals surface area contributed by atoms with E-state index in [1.807, 2.05) is 0 Å². The molecule has 0 aromatic heterocycles. The maximum Gasteiger partial charge on any atom is 0.252 e. The van der Waals surface area contributed by atoms with Gasteiger partial charge in [-0.2, -0.15) is 0 Å². The molecule has 0 spiro atoms. The molecule has 0 aliphatic carbocycles. The van der Waals surface area contributed by atoms with Crippen LogP contribution in [0, 0.1) is 46.5 Å². The maximum absolute atomic E-state index is 16.1. The number of rotatable bonds is 1. The third kappa shape index (κ3) is 2.62. The Morgan fingerprint density at radius 2 is 0.921 bits per heavy atom. The van der Waals surface area contributed by atoms with Crippen LogP contribution >= 0.6 is 0 Å². The Morgan fingerprint density at radius 1 is 0.447 bits per heavy atom. The van der Waals surface area contributed by atoms with Gasteiger partial charge in [-0.3, -0.25) is 0 Å². The molecule has 1 nitrogen and oxygen atoms in total. The van der Waals surface area contributed by atoms with E-state index in [2.05, 4.69) is 0 Å². The fourth-order valence-electron chi connectivity index (χ4n) is 5.60. The molecule has 0 saturated heterocycles. The molecular formula is C28H9BF8O. The molecule has 0 amide bonds. The summed E-state index contributed by atoms with van der Waals surface area (Å²) in [6.07, 6.45) is 0. The largest absolute Gasteiger partial charge is 0.455 e. The van der Waals surface area contributed by atoms with Gasteiger partial charge in [0, 0.05) is 16.2 Å². The summed E-state index contributed by atoms with van der Waals surface area (Å²) in [5.74, 6) is -16.5. The Morgan fingerprint density at radius 3 is 1.55 bits per heavy atom. The zero-order chi connectivity index (χ0) is 26.6. The van der Waals surface area contributed by atoms with Crippen molar-refractivity contribution in [2.45, 2.75) is 0 Å². The van der Waals surface area contributed by atoms with E-state index in [9.17, 15) is 13.2 Å². The van der Waals surface area contributed by atoms with Gasteiger partial charge in [-0.05, 0) is 17.0 Å². The molecule has 10 heteroatoms. The normalized spacial score (nSPS) is 12.9. The number of hydrogen-bond acceptors (Lipinski definition) is 1. The first-order valence-corrected chi connectivity index (χ1v) is 11.3. The second-order valence-corrected chi connectivity index (χ2v) is 8.99. The van der Waals surface area contributed by atoms with Crippen LogP contribution in [0.4, 0.5) is 35.1 Å². The third-order valence-corrected chi connectivity index (χ3v) is 7.13. The van der Waals surface area contributed by atoms with Crippen LogP contribution in [-0.4, -0.2) is 6.71 Å². The minimum atomic E-state index is -2.32. The highest BCUT2D eigenvalue weighted by atomic mass is 19.2. The highest BCUT2D eigenvalue weighted by Gasteiger charge is 2.41. The first kappa shape index (κ1) is 22.8. The van der Waals surface area contributed by atoms with E-state index in [0.717, 1.165) is 0 Å². The van der Waals surface area contributed by atoms with Crippen LogP contribution in [0.5, 0.6) is 11.5 Å². The van der Waals surface area contributed by atoms with Crippen molar-refractivity contribution in [2.24, 2.45) is 0 Å². The predicted octanol–water partition coefficient (Wildman–Crippen LogP) is 6.32. The average molecular weight is 524 g/mol. The van der Waals surface area contributed by atoms with Crippen LogP contribution in [0.15, 0.2) is 54.6 Å². The number of ether oxygens (including phenoxy) is 1. The van der Waals surface area contributed by atoms with Gasteiger partial charge < -0.3 is 4.74 Å². The lowest BCUT2D eigenvalue weighted by Crippen LogP contribution is -2.55. The van der Waals surface area contributed by atoms with Crippen LogP contribution in [-0.2, 0) is 0 Å². The Labute approximate surface area is 208 Å². The quantitative estimate of drug-likeness (QED) is 0.106. The Hall–Kier alpha value is -4.34. The fraction of sp³-hybridized carbons (Fsp3) is 0. The molecule has 0 N–H and O–H groups in total. The van der Waals surface area contributed by atoms with Gasteiger partial charge in [-0.1, -0.05) is 54.0 Å². The second-order valence-electron chi connectivity index (χ2n) is 8.99. The SMILES string of the molecule is Fc1c(F)c2c(F)c(F)c3c(F)c4c(c5c(F)c(F)c(c1F)c2c35)B(c1ccccc1)c1ccccc1O4.